The summed E-state index contributed by atoms with van der Waals surface area (Å²) in [5.41, 5.74) is 0. The molecule has 2 aromatic rings. The van der Waals surface area contributed by atoms with Gasteiger partial charge in [-0.1, -0.05) is 11.6 Å². The van der Waals surface area contributed by atoms with E-state index in [0.29, 0.717) is 5.02 Å². The van der Waals surface area contributed by atoms with Gasteiger partial charge in [-0.2, -0.15) is 0 Å². The van der Waals surface area contributed by atoms with E-state index in [4.69, 9.17) is 11.6 Å². The number of hydrogen-bond acceptors (Lipinski definition) is 6. The molecule has 0 atom stereocenters. The second-order valence-corrected chi connectivity index (χ2v) is 6.02. The molecule has 0 aromatic carbocycles. The van der Waals surface area contributed by atoms with Gasteiger partial charge in [0.2, 0.25) is 5.95 Å². The lowest BCUT2D eigenvalue weighted by Crippen LogP contribution is -2.47. The molecule has 104 valence electrons. The van der Waals surface area contributed by atoms with Crippen LogP contribution in [0, 0.1) is 3.57 Å². The van der Waals surface area contributed by atoms with E-state index >= 15 is 0 Å². The Balaban J connectivity index is 1.68. The molecule has 0 N–H and O–H groups in total. The standard InChI is InChI=1S/C12H12ClIN6/c13-10-7-15-8-18-11(10)19-1-3-20(4-2-19)12-16-5-9(14)6-17-12/h5-8H,1-4H2. The molecule has 3 rings (SSSR count). The lowest BCUT2D eigenvalue weighted by molar-refractivity contribution is 0.634. The Kier molecular flexibility index (Phi) is 4.16. The van der Waals surface area contributed by atoms with Crippen LogP contribution in [0.1, 0.15) is 0 Å². The van der Waals surface area contributed by atoms with Gasteiger partial charge in [-0.3, -0.25) is 0 Å². The average Bonchev–Trinajstić information content (AvgIpc) is 2.49. The van der Waals surface area contributed by atoms with Crippen molar-refractivity contribution in [1.29, 1.82) is 0 Å². The molecule has 0 radical (unpaired) electrons. The molecular weight excluding hydrogens is 391 g/mol. The topological polar surface area (TPSA) is 58.0 Å². The zero-order chi connectivity index (χ0) is 13.9. The Labute approximate surface area is 135 Å². The lowest BCUT2D eigenvalue weighted by atomic mass is 10.3. The molecule has 1 saturated heterocycles. The molecule has 1 aliphatic heterocycles. The van der Waals surface area contributed by atoms with E-state index < -0.39 is 0 Å². The Morgan fingerprint density at radius 2 is 1.60 bits per heavy atom. The minimum Gasteiger partial charge on any atom is -0.352 e. The van der Waals surface area contributed by atoms with Gasteiger partial charge in [0.05, 0.1) is 6.20 Å². The van der Waals surface area contributed by atoms with Crippen molar-refractivity contribution in [3.05, 3.63) is 33.5 Å². The fourth-order valence-electron chi connectivity index (χ4n) is 2.13. The van der Waals surface area contributed by atoms with Gasteiger partial charge in [0.15, 0.2) is 5.82 Å². The second kappa shape index (κ2) is 6.04. The fourth-order valence-corrected chi connectivity index (χ4v) is 2.63. The number of rotatable bonds is 2. The molecule has 0 spiro atoms. The second-order valence-electron chi connectivity index (χ2n) is 4.37. The smallest absolute Gasteiger partial charge is 0.225 e. The fraction of sp³-hybridized carbons (Fsp3) is 0.333. The third-order valence-electron chi connectivity index (χ3n) is 3.12. The van der Waals surface area contributed by atoms with Gasteiger partial charge in [-0.05, 0) is 22.6 Å². The number of halogens is 2. The van der Waals surface area contributed by atoms with E-state index in [1.165, 1.54) is 6.33 Å². The molecule has 0 unspecified atom stereocenters. The number of hydrogen-bond donors (Lipinski definition) is 0. The van der Waals surface area contributed by atoms with Crippen molar-refractivity contribution < 1.29 is 0 Å². The highest BCUT2D eigenvalue weighted by molar-refractivity contribution is 14.1. The molecule has 3 heterocycles. The first kappa shape index (κ1) is 13.7. The van der Waals surface area contributed by atoms with Crippen molar-refractivity contribution >= 4 is 46.0 Å². The minimum atomic E-state index is 0.589. The van der Waals surface area contributed by atoms with Gasteiger partial charge in [0.1, 0.15) is 11.3 Å². The molecule has 6 nitrogen and oxygen atoms in total. The molecule has 0 saturated carbocycles. The summed E-state index contributed by atoms with van der Waals surface area (Å²) in [5, 5.41) is 0.589. The molecule has 0 amide bonds. The molecule has 2 aromatic heterocycles. The minimum absolute atomic E-state index is 0.589. The van der Waals surface area contributed by atoms with Gasteiger partial charge in [-0.15, -0.1) is 0 Å². The molecule has 0 aliphatic carbocycles. The zero-order valence-electron chi connectivity index (χ0n) is 10.6. The predicted molar refractivity (Wildman–Crippen MR) is 86.2 cm³/mol. The van der Waals surface area contributed by atoms with Crippen molar-refractivity contribution in [3.63, 3.8) is 0 Å². The Bertz CT molecular complexity index is 585. The molecule has 8 heteroatoms. The maximum atomic E-state index is 6.12. The van der Waals surface area contributed by atoms with Crippen LogP contribution in [-0.2, 0) is 0 Å². The largest absolute Gasteiger partial charge is 0.352 e. The van der Waals surface area contributed by atoms with Crippen LogP contribution in [0.5, 0.6) is 0 Å². The molecule has 1 fully saturated rings. The van der Waals surface area contributed by atoms with E-state index in [-0.39, 0.29) is 0 Å². The highest BCUT2D eigenvalue weighted by atomic mass is 127. The maximum absolute atomic E-state index is 6.12. The predicted octanol–water partition coefficient (Wildman–Crippen LogP) is 1.85. The normalized spacial score (nSPS) is 15.5. The van der Waals surface area contributed by atoms with Gasteiger partial charge >= 0.3 is 0 Å². The third-order valence-corrected chi connectivity index (χ3v) is 3.94. The first-order valence-corrected chi connectivity index (χ1v) is 7.62. The summed E-state index contributed by atoms with van der Waals surface area (Å²) in [6.07, 6.45) is 6.81. The van der Waals surface area contributed by atoms with Crippen molar-refractivity contribution in [1.82, 2.24) is 19.9 Å². The van der Waals surface area contributed by atoms with E-state index in [2.05, 4.69) is 52.3 Å². The summed E-state index contributed by atoms with van der Waals surface area (Å²) in [4.78, 5) is 21.2. The lowest BCUT2D eigenvalue weighted by Gasteiger charge is -2.35. The average molecular weight is 403 g/mol. The van der Waals surface area contributed by atoms with Gasteiger partial charge in [-0.25, -0.2) is 19.9 Å². The first-order valence-electron chi connectivity index (χ1n) is 6.17. The number of piperazine rings is 1. The van der Waals surface area contributed by atoms with E-state index in [1.54, 1.807) is 6.20 Å². The Morgan fingerprint density at radius 1 is 0.950 bits per heavy atom. The van der Waals surface area contributed by atoms with Gasteiger partial charge in [0.25, 0.3) is 0 Å². The highest BCUT2D eigenvalue weighted by Gasteiger charge is 2.21. The molecule has 1 aliphatic rings. The van der Waals surface area contributed by atoms with Crippen LogP contribution in [-0.4, -0.2) is 46.1 Å². The van der Waals surface area contributed by atoms with Crippen molar-refractivity contribution in [2.24, 2.45) is 0 Å². The highest BCUT2D eigenvalue weighted by Crippen LogP contribution is 2.23. The molecule has 20 heavy (non-hydrogen) atoms. The van der Waals surface area contributed by atoms with Crippen LogP contribution in [0.2, 0.25) is 5.02 Å². The van der Waals surface area contributed by atoms with Crippen LogP contribution in [0.4, 0.5) is 11.8 Å². The van der Waals surface area contributed by atoms with Gasteiger partial charge in [0, 0.05) is 42.1 Å². The summed E-state index contributed by atoms with van der Waals surface area (Å²) in [6, 6.07) is 0. The summed E-state index contributed by atoms with van der Waals surface area (Å²) in [6.45, 7) is 3.38. The van der Waals surface area contributed by atoms with E-state index in [0.717, 1.165) is 41.5 Å². The Hall–Kier alpha value is -1.22. The van der Waals surface area contributed by atoms with Crippen LogP contribution in [0.15, 0.2) is 24.9 Å². The summed E-state index contributed by atoms with van der Waals surface area (Å²) in [7, 11) is 0. The summed E-state index contributed by atoms with van der Waals surface area (Å²) < 4.78 is 1.04. The zero-order valence-corrected chi connectivity index (χ0v) is 13.5. The first-order chi connectivity index (χ1) is 9.74. The SMILES string of the molecule is Clc1cncnc1N1CCN(c2ncc(I)cn2)CC1. The quantitative estimate of drug-likeness (QED) is 0.715. The van der Waals surface area contributed by atoms with Crippen LogP contribution < -0.4 is 9.80 Å². The number of aromatic nitrogens is 4. The van der Waals surface area contributed by atoms with E-state index in [9.17, 15) is 0 Å². The third kappa shape index (κ3) is 2.93. The van der Waals surface area contributed by atoms with E-state index in [1.807, 2.05) is 12.4 Å². The molecule has 0 bridgehead atoms. The van der Waals surface area contributed by atoms with Crippen molar-refractivity contribution in [2.45, 2.75) is 0 Å². The van der Waals surface area contributed by atoms with Gasteiger partial charge < -0.3 is 9.80 Å². The monoisotopic (exact) mass is 402 g/mol. The number of nitrogens with zero attached hydrogens (tertiary/aromatic N) is 6. The van der Waals surface area contributed by atoms with Crippen molar-refractivity contribution in [3.8, 4) is 0 Å². The van der Waals surface area contributed by atoms with Crippen molar-refractivity contribution in [2.75, 3.05) is 36.0 Å². The summed E-state index contributed by atoms with van der Waals surface area (Å²) in [5.74, 6) is 1.57. The molecular formula is C12H12ClIN6. The van der Waals surface area contributed by atoms with Crippen LogP contribution in [0.3, 0.4) is 0 Å². The van der Waals surface area contributed by atoms with Crippen LogP contribution >= 0.6 is 34.2 Å². The number of anilines is 2. The Morgan fingerprint density at radius 3 is 2.25 bits per heavy atom. The summed E-state index contributed by atoms with van der Waals surface area (Å²) >= 11 is 8.32. The maximum Gasteiger partial charge on any atom is 0.225 e. The van der Waals surface area contributed by atoms with Crippen LogP contribution in [0.25, 0.3) is 0 Å².